The van der Waals surface area contributed by atoms with E-state index in [4.69, 9.17) is 9.72 Å². The highest BCUT2D eigenvalue weighted by Crippen LogP contribution is 2.46. The lowest BCUT2D eigenvalue weighted by atomic mass is 9.81. The highest BCUT2D eigenvalue weighted by Gasteiger charge is 2.46. The molecular weight excluding hydrogens is 898 g/mol. The van der Waals surface area contributed by atoms with Crippen LogP contribution in [0.4, 0.5) is 4.39 Å². The predicted molar refractivity (Wildman–Crippen MR) is 245 cm³/mol. The quantitative estimate of drug-likeness (QED) is 0.0244. The van der Waals surface area contributed by atoms with E-state index in [-0.39, 0.29) is 74.6 Å². The Morgan fingerprint density at radius 2 is 1.71 bits per heavy atom. The van der Waals surface area contributed by atoms with Gasteiger partial charge in [0.25, 0.3) is 11.1 Å². The number of pyridine rings is 2. The van der Waals surface area contributed by atoms with E-state index in [0.717, 1.165) is 15.8 Å². The number of carbonyl (C=O) groups is 5. The number of fused-ring (bicyclic) bond motifs is 5. The van der Waals surface area contributed by atoms with Crippen LogP contribution >= 0.6 is 0 Å². The van der Waals surface area contributed by atoms with Crippen molar-refractivity contribution in [3.63, 3.8) is 0 Å². The van der Waals surface area contributed by atoms with Gasteiger partial charge in [0, 0.05) is 54.1 Å². The highest BCUT2D eigenvalue weighted by molar-refractivity contribution is 5.94. The van der Waals surface area contributed by atoms with Crippen molar-refractivity contribution in [1.82, 2.24) is 45.7 Å². The molecule has 0 saturated carbocycles. The Bertz CT molecular complexity index is 2970. The SMILES string of the molecule is CC[C@@]1(O)C(=O)OCc2c1cc1n(c2=O)Cc2c-1nc1cc(F)c(C)c3c1c2C(NC(O)CNC(=O)[C@H](Cc1ccccc1)NC(=O)CNC(=O)CNC(=O)CCCCCn1c(=O)ccn1O)CC3. The van der Waals surface area contributed by atoms with E-state index in [1.165, 1.54) is 22.9 Å². The van der Waals surface area contributed by atoms with E-state index in [2.05, 4.69) is 26.6 Å². The fourth-order valence-corrected chi connectivity index (χ4v) is 9.48. The average Bonchev–Trinajstić information content (AvgIpc) is 3.87. The summed E-state index contributed by atoms with van der Waals surface area (Å²) in [5, 5.41) is 46.7. The fourth-order valence-electron chi connectivity index (χ4n) is 9.48. The van der Waals surface area contributed by atoms with Crippen LogP contribution in [-0.4, -0.2) is 96.0 Å². The van der Waals surface area contributed by atoms with Crippen molar-refractivity contribution in [2.45, 2.75) is 109 Å². The Balaban J connectivity index is 0.901. The van der Waals surface area contributed by atoms with Crippen molar-refractivity contribution < 1.29 is 48.5 Å². The summed E-state index contributed by atoms with van der Waals surface area (Å²) in [7, 11) is 0. The number of rotatable bonds is 19. The maximum Gasteiger partial charge on any atom is 0.343 e. The van der Waals surface area contributed by atoms with Crippen LogP contribution in [0.15, 0.2) is 64.3 Å². The van der Waals surface area contributed by atoms with Crippen LogP contribution in [0.5, 0.6) is 0 Å². The summed E-state index contributed by atoms with van der Waals surface area (Å²) < 4.78 is 23.3. The van der Waals surface area contributed by atoms with E-state index in [9.17, 15) is 49.0 Å². The van der Waals surface area contributed by atoms with Gasteiger partial charge in [-0.1, -0.05) is 43.7 Å². The van der Waals surface area contributed by atoms with Crippen LogP contribution in [-0.2, 0) is 66.8 Å². The van der Waals surface area contributed by atoms with Crippen molar-refractivity contribution in [3.8, 4) is 11.4 Å². The second kappa shape index (κ2) is 20.2. The first-order chi connectivity index (χ1) is 33.1. The molecule has 2 aromatic carbocycles. The number of halogens is 1. The number of benzene rings is 2. The van der Waals surface area contributed by atoms with Crippen LogP contribution in [0.1, 0.15) is 90.4 Å². The molecule has 5 aromatic rings. The minimum Gasteiger partial charge on any atom is -0.458 e. The number of ether oxygens (including phenoxy) is 1. The smallest absolute Gasteiger partial charge is 0.343 e. The van der Waals surface area contributed by atoms with E-state index < -0.39 is 65.5 Å². The summed E-state index contributed by atoms with van der Waals surface area (Å²) in [5.41, 5.74) is 1.76. The molecule has 0 bridgehead atoms. The topological polar surface area (TPSA) is 277 Å². The summed E-state index contributed by atoms with van der Waals surface area (Å²) in [5.74, 6) is -3.63. The third-order valence-electron chi connectivity index (χ3n) is 13.2. The number of carbonyl (C=O) groups excluding carboxylic acids is 5. The van der Waals surface area contributed by atoms with Crippen LogP contribution < -0.4 is 37.7 Å². The lowest BCUT2D eigenvalue weighted by molar-refractivity contribution is -0.172. The van der Waals surface area contributed by atoms with Crippen molar-refractivity contribution in [1.29, 1.82) is 0 Å². The number of cyclic esters (lactones) is 1. The number of aryl methyl sites for hydroxylation is 1. The molecular formula is C48H54FN9O11. The monoisotopic (exact) mass is 951 g/mol. The Hall–Kier alpha value is -7.23. The van der Waals surface area contributed by atoms with Gasteiger partial charge in [0.1, 0.15) is 24.7 Å². The van der Waals surface area contributed by atoms with E-state index in [0.29, 0.717) is 75.9 Å². The van der Waals surface area contributed by atoms with Gasteiger partial charge in [-0.25, -0.2) is 18.9 Å². The van der Waals surface area contributed by atoms with Crippen molar-refractivity contribution in [2.75, 3.05) is 19.6 Å². The molecule has 0 radical (unpaired) electrons. The van der Waals surface area contributed by atoms with Gasteiger partial charge in [-0.3, -0.25) is 34.1 Å². The molecule has 21 heteroatoms. The number of nitrogens with zero attached hydrogens (tertiary/aromatic N) is 4. The number of esters is 1. The Morgan fingerprint density at radius 1 is 0.957 bits per heavy atom. The zero-order chi connectivity index (χ0) is 49.1. The standard InChI is InChI=1S/C48H54FN9O11/c1-3-48(67)31-19-36-44-29(24-56(36)46(65)30(31)25-69-47(48)66)43-33(14-13-28-26(2)32(49)20-34(55-44)42(28)43)53-40(62)23-52-45(64)35(18-27-10-6-4-7-11-27)54-39(61)22-51-38(60)21-50-37(59)12-8-5-9-16-57-41(63)15-17-58(57)68/h4,6-7,10-11,15,17,19-20,33,35,40,53,62,67-68H,3,5,8-9,12-14,16,18,21-25H2,1-2H3,(H,50,59)(H,51,60)(H,52,64)(H,54,61)/t33?,35-,40?,48-/m0/s1. The van der Waals surface area contributed by atoms with E-state index in [1.807, 2.05) is 0 Å². The zero-order valence-corrected chi connectivity index (χ0v) is 38.1. The molecule has 69 heavy (non-hydrogen) atoms. The van der Waals surface area contributed by atoms with Gasteiger partial charge in [-0.15, -0.1) is 4.85 Å². The summed E-state index contributed by atoms with van der Waals surface area (Å²) in [6.07, 6.45) is 2.51. The lowest BCUT2D eigenvalue weighted by Crippen LogP contribution is -2.53. The first-order valence-electron chi connectivity index (χ1n) is 23.0. The molecule has 364 valence electrons. The molecule has 3 aromatic heterocycles. The Morgan fingerprint density at radius 3 is 2.45 bits per heavy atom. The van der Waals surface area contributed by atoms with Gasteiger partial charge in [-0.2, -0.15) is 0 Å². The van der Waals surface area contributed by atoms with Crippen molar-refractivity contribution >= 4 is 40.5 Å². The minimum absolute atomic E-state index is 0.0417. The number of nitrogens with one attached hydrogen (secondary N) is 5. The van der Waals surface area contributed by atoms with Gasteiger partial charge in [-0.05, 0) is 67.3 Å². The zero-order valence-electron chi connectivity index (χ0n) is 38.1. The molecule has 8 rings (SSSR count). The summed E-state index contributed by atoms with van der Waals surface area (Å²) in [4.78, 5) is 95.8. The maximum atomic E-state index is 15.4. The fraction of sp³-hybridized carbons (Fsp3) is 0.417. The number of hydrogen-bond donors (Lipinski definition) is 8. The average molecular weight is 952 g/mol. The van der Waals surface area contributed by atoms with Gasteiger partial charge >= 0.3 is 5.97 Å². The first kappa shape index (κ1) is 48.2. The Kier molecular flexibility index (Phi) is 14.1. The van der Waals surface area contributed by atoms with E-state index >= 15 is 4.39 Å². The molecule has 2 aliphatic heterocycles. The minimum atomic E-state index is -2.05. The molecule has 5 heterocycles. The normalized spacial score (nSPS) is 17.5. The highest BCUT2D eigenvalue weighted by atomic mass is 19.1. The summed E-state index contributed by atoms with van der Waals surface area (Å²) in [6, 6.07) is 11.4. The number of aliphatic hydroxyl groups excluding tert-OH is 1. The molecule has 20 nitrogen and oxygen atoms in total. The van der Waals surface area contributed by atoms with Gasteiger partial charge in [0.05, 0.1) is 54.8 Å². The molecule has 0 saturated heterocycles. The van der Waals surface area contributed by atoms with Gasteiger partial charge in [0.2, 0.25) is 23.6 Å². The largest absolute Gasteiger partial charge is 0.458 e. The van der Waals surface area contributed by atoms with Crippen LogP contribution in [0.25, 0.3) is 22.3 Å². The van der Waals surface area contributed by atoms with Crippen LogP contribution in [0, 0.1) is 12.7 Å². The molecule has 4 amide bonds. The van der Waals surface area contributed by atoms with Gasteiger partial charge in [0.15, 0.2) is 5.60 Å². The molecule has 1 aliphatic carbocycles. The van der Waals surface area contributed by atoms with Crippen molar-refractivity contribution in [3.05, 3.63) is 120 Å². The Labute approximate surface area is 393 Å². The van der Waals surface area contributed by atoms with Gasteiger partial charge < -0.3 is 46.0 Å². The molecule has 0 spiro atoms. The molecule has 4 atom stereocenters. The second-order valence-corrected chi connectivity index (χ2v) is 17.6. The molecule has 2 unspecified atom stereocenters. The molecule has 0 fully saturated rings. The summed E-state index contributed by atoms with van der Waals surface area (Å²) in [6.45, 7) is 2.16. The van der Waals surface area contributed by atoms with Crippen LogP contribution in [0.2, 0.25) is 0 Å². The number of aliphatic hydroxyl groups is 2. The number of hydrogen-bond acceptors (Lipinski definition) is 13. The second-order valence-electron chi connectivity index (χ2n) is 17.6. The third kappa shape index (κ3) is 9.88. The predicted octanol–water partition coefficient (Wildman–Crippen LogP) is 0.960. The number of amides is 4. The molecule has 8 N–H and O–H groups in total. The number of aromatic nitrogens is 4. The van der Waals surface area contributed by atoms with E-state index in [1.54, 1.807) is 50.2 Å². The number of unbranched alkanes of at least 4 members (excludes halogenated alkanes) is 2. The maximum absolute atomic E-state index is 15.4. The molecule has 3 aliphatic rings. The van der Waals surface area contributed by atoms with Crippen molar-refractivity contribution in [2.24, 2.45) is 0 Å². The lowest BCUT2D eigenvalue weighted by Gasteiger charge is -2.31. The summed E-state index contributed by atoms with van der Waals surface area (Å²) >= 11 is 0. The van der Waals surface area contributed by atoms with Crippen LogP contribution in [0.3, 0.4) is 0 Å². The third-order valence-corrected chi connectivity index (χ3v) is 13.2. The first-order valence-corrected chi connectivity index (χ1v) is 23.0.